The summed E-state index contributed by atoms with van der Waals surface area (Å²) in [5, 5.41) is 20.7. The Hall–Kier alpha value is -5.35. The largest absolute Gasteiger partial charge is 0.472 e. The third-order valence-electron chi connectivity index (χ3n) is 19.1. The van der Waals surface area contributed by atoms with E-state index in [1.807, 2.05) is 0 Å². The lowest BCUT2D eigenvalue weighted by atomic mass is 10.0. The highest BCUT2D eigenvalue weighted by Crippen LogP contribution is 2.45. The Morgan fingerprint density at radius 1 is 0.248 bits per heavy atom. The average Bonchev–Trinajstić information content (AvgIpc) is 0.897. The maximum atomic E-state index is 13.1. The van der Waals surface area contributed by atoms with Crippen LogP contribution in [-0.4, -0.2) is 95.9 Å². The molecule has 0 aromatic carbocycles. The zero-order valence-electron chi connectivity index (χ0n) is 73.6. The summed E-state index contributed by atoms with van der Waals surface area (Å²) in [7, 11) is -9.82. The molecular formula is C99H166O16P2. The van der Waals surface area contributed by atoms with Gasteiger partial charge in [0.2, 0.25) is 0 Å². The molecule has 0 aliphatic rings. The van der Waals surface area contributed by atoms with Crippen LogP contribution in [0.25, 0.3) is 0 Å². The van der Waals surface area contributed by atoms with E-state index in [0.717, 1.165) is 193 Å². The van der Waals surface area contributed by atoms with Crippen molar-refractivity contribution in [3.63, 3.8) is 0 Å². The monoisotopic (exact) mass is 1670 g/mol. The number of unbranched alkanes of at least 4 members (excludes halogenated alkanes) is 33. The van der Waals surface area contributed by atoms with E-state index in [2.05, 4.69) is 203 Å². The van der Waals surface area contributed by atoms with Crippen LogP contribution in [-0.2, 0) is 55.8 Å². The summed E-state index contributed by atoms with van der Waals surface area (Å²) in [4.78, 5) is 59.0. The van der Waals surface area contributed by atoms with Crippen LogP contribution in [0.1, 0.15) is 367 Å². The van der Waals surface area contributed by atoms with Gasteiger partial charge in [0, 0.05) is 19.3 Å². The molecular weight excluding hydrogens is 1510 g/mol. The van der Waals surface area contributed by atoms with E-state index in [1.54, 1.807) is 0 Å². The first kappa shape index (κ1) is 112. The number of phosphoric ester groups is 2. The number of carbonyl (C=O) groups excluding carboxylic acids is 3. The third kappa shape index (κ3) is 91.2. The van der Waals surface area contributed by atoms with Gasteiger partial charge in [-0.05, 0) is 161 Å². The number of allylic oxidation sites excluding steroid dienone is 30. The highest BCUT2D eigenvalue weighted by molar-refractivity contribution is 7.47. The molecule has 0 saturated carbocycles. The SMILES string of the molecule is CC/C=C\C/C=C\C/C=C\C/C=C\C/C=C\C/C=C\CCCCCCCCCCC(=O)OCC(COP(=O)(O)OCC(O)COP(=O)(O)OCC(O)COC(=O)CCCCCCCCCCCCCCC/C=C\C/C=C\C/C=C\C/C=C\C/C=C\CC)OC(=O)CCCCCCCCCCC/C=C\C/C=C\C/C=C\C/C=C\CCCCC. The number of esters is 3. The molecule has 0 radical (unpaired) electrons. The summed E-state index contributed by atoms with van der Waals surface area (Å²) in [6.45, 7) is 2.44. The number of hydrogen-bond acceptors (Lipinski definition) is 14. The zero-order chi connectivity index (χ0) is 85.1. The quantitative estimate of drug-likeness (QED) is 0.0146. The van der Waals surface area contributed by atoms with Crippen LogP contribution in [0.3, 0.4) is 0 Å². The predicted molar refractivity (Wildman–Crippen MR) is 491 cm³/mol. The fourth-order valence-electron chi connectivity index (χ4n) is 12.2. The Bertz CT molecular complexity index is 2860. The van der Waals surface area contributed by atoms with Gasteiger partial charge in [-0.25, -0.2) is 9.13 Å². The van der Waals surface area contributed by atoms with Crippen molar-refractivity contribution in [2.45, 2.75) is 386 Å². The second kappa shape index (κ2) is 89.9. The first-order valence-corrected chi connectivity index (χ1v) is 49.1. The zero-order valence-corrected chi connectivity index (χ0v) is 75.4. The average molecular weight is 1670 g/mol. The summed E-state index contributed by atoms with van der Waals surface area (Å²) in [5.41, 5.74) is 0. The standard InChI is InChI=1S/C99H166O16P2/c1-4-7-10-13-16-19-22-25-28-31-34-37-40-43-45-46-48-51-52-55-58-61-64-67-70-73-76-79-82-85-97(102)109-88-94(100)89-111-116(105,106)112-90-95(101)91-113-117(107,108)114-93-96(115-99(104)87-84-81-78-75-72-69-66-63-60-57-54-49-42-39-36-33-30-27-24-21-18-15-12-9-6-3)92-110-98(103)86-83-80-77-74-71-68-65-62-59-56-53-50-47-44-41-38-35-32-29-26-23-20-17-14-11-8-5-2/h7-8,10-11,16-21,25-30,34-39,43-45,47,49,53-54,56,94-96,100-101H,4-6,9,12-15,22-24,31-33,40-42,46,48,50-52,55,57-93H2,1-3H3,(H,105,106)(H,107,108)/b10-7-,11-8-,19-16-,20-17-,21-18-,28-25-,29-26-,30-27-,37-34-,38-35-,39-36-,45-43-,47-44-,54-49-,56-53-. The molecule has 0 spiro atoms. The molecule has 668 valence electrons. The summed E-state index contributed by atoms with van der Waals surface area (Å²) in [5.74, 6) is -1.59. The van der Waals surface area contributed by atoms with Gasteiger partial charge in [0.25, 0.3) is 0 Å². The molecule has 0 saturated heterocycles. The summed E-state index contributed by atoms with van der Waals surface area (Å²) < 4.78 is 61.5. The van der Waals surface area contributed by atoms with Crippen LogP contribution < -0.4 is 0 Å². The molecule has 5 unspecified atom stereocenters. The van der Waals surface area contributed by atoms with Crippen LogP contribution in [0.15, 0.2) is 182 Å². The molecule has 0 aliphatic heterocycles. The molecule has 0 aromatic rings. The fraction of sp³-hybridized carbons (Fsp3) is 0.667. The highest BCUT2D eigenvalue weighted by atomic mass is 31.2. The van der Waals surface area contributed by atoms with Crippen molar-refractivity contribution >= 4 is 33.6 Å². The minimum Gasteiger partial charge on any atom is -0.463 e. The van der Waals surface area contributed by atoms with Gasteiger partial charge >= 0.3 is 33.6 Å². The first-order chi connectivity index (χ1) is 57.2. The normalized spacial score (nSPS) is 14.6. The Kier molecular flexibility index (Phi) is 85.8. The molecule has 18 heteroatoms. The van der Waals surface area contributed by atoms with Crippen molar-refractivity contribution in [2.75, 3.05) is 39.6 Å². The lowest BCUT2D eigenvalue weighted by Gasteiger charge is -2.21. The van der Waals surface area contributed by atoms with E-state index in [1.165, 1.54) is 116 Å². The Morgan fingerprint density at radius 3 is 0.718 bits per heavy atom. The van der Waals surface area contributed by atoms with E-state index in [-0.39, 0.29) is 19.3 Å². The predicted octanol–water partition coefficient (Wildman–Crippen LogP) is 28.4. The summed E-state index contributed by atoms with van der Waals surface area (Å²) in [6.07, 6.45) is 118. The Labute approximate surface area is 713 Å². The number of carbonyl (C=O) groups is 3. The molecule has 0 amide bonds. The number of rotatable bonds is 86. The number of hydrogen-bond donors (Lipinski definition) is 4. The van der Waals surface area contributed by atoms with Gasteiger partial charge in [-0.15, -0.1) is 0 Å². The van der Waals surface area contributed by atoms with E-state index in [4.69, 9.17) is 32.3 Å². The van der Waals surface area contributed by atoms with Crippen molar-refractivity contribution in [3.8, 4) is 0 Å². The lowest BCUT2D eigenvalue weighted by Crippen LogP contribution is -2.30. The summed E-state index contributed by atoms with van der Waals surface area (Å²) in [6, 6.07) is 0. The van der Waals surface area contributed by atoms with Crippen LogP contribution in [0, 0.1) is 0 Å². The van der Waals surface area contributed by atoms with Gasteiger partial charge in [0.05, 0.1) is 26.4 Å². The molecule has 0 aliphatic carbocycles. The molecule has 0 aromatic heterocycles. The third-order valence-corrected chi connectivity index (χ3v) is 21.0. The molecule has 5 atom stereocenters. The molecule has 0 bridgehead atoms. The number of phosphoric acid groups is 2. The molecule has 16 nitrogen and oxygen atoms in total. The number of ether oxygens (including phenoxy) is 3. The van der Waals surface area contributed by atoms with Crippen LogP contribution in [0.2, 0.25) is 0 Å². The van der Waals surface area contributed by atoms with Crippen LogP contribution >= 0.6 is 15.6 Å². The minimum atomic E-state index is -4.95. The van der Waals surface area contributed by atoms with Crippen molar-refractivity contribution < 1.29 is 75.8 Å². The van der Waals surface area contributed by atoms with Crippen molar-refractivity contribution in [3.05, 3.63) is 182 Å². The van der Waals surface area contributed by atoms with Gasteiger partial charge in [-0.3, -0.25) is 32.5 Å². The Balaban J connectivity index is 4.68. The minimum absolute atomic E-state index is 0.0898. The van der Waals surface area contributed by atoms with Crippen molar-refractivity contribution in [1.82, 2.24) is 0 Å². The van der Waals surface area contributed by atoms with Gasteiger partial charge in [-0.2, -0.15) is 0 Å². The van der Waals surface area contributed by atoms with Gasteiger partial charge in [-0.1, -0.05) is 370 Å². The highest BCUT2D eigenvalue weighted by Gasteiger charge is 2.29. The van der Waals surface area contributed by atoms with Gasteiger partial charge < -0.3 is 34.2 Å². The molecule has 0 rings (SSSR count). The van der Waals surface area contributed by atoms with Gasteiger partial charge in [0.15, 0.2) is 6.10 Å². The number of aliphatic hydroxyl groups excluding tert-OH is 2. The van der Waals surface area contributed by atoms with Crippen LogP contribution in [0.4, 0.5) is 0 Å². The molecule has 117 heavy (non-hydrogen) atoms. The van der Waals surface area contributed by atoms with Crippen molar-refractivity contribution in [1.29, 1.82) is 0 Å². The second-order valence-corrected chi connectivity index (χ2v) is 33.2. The van der Waals surface area contributed by atoms with E-state index in [9.17, 15) is 43.5 Å². The number of aliphatic hydroxyl groups is 2. The lowest BCUT2D eigenvalue weighted by molar-refractivity contribution is -0.161. The Morgan fingerprint density at radius 2 is 0.453 bits per heavy atom. The van der Waals surface area contributed by atoms with E-state index < -0.39 is 91.5 Å². The molecule has 0 heterocycles. The smallest absolute Gasteiger partial charge is 0.463 e. The maximum absolute atomic E-state index is 13.1. The fourth-order valence-corrected chi connectivity index (χ4v) is 13.8. The summed E-state index contributed by atoms with van der Waals surface area (Å²) >= 11 is 0. The first-order valence-electron chi connectivity index (χ1n) is 46.1. The van der Waals surface area contributed by atoms with Crippen LogP contribution in [0.5, 0.6) is 0 Å². The van der Waals surface area contributed by atoms with E-state index in [0.29, 0.717) is 19.3 Å². The maximum Gasteiger partial charge on any atom is 0.472 e. The van der Waals surface area contributed by atoms with Crippen molar-refractivity contribution in [2.24, 2.45) is 0 Å². The topological polar surface area (TPSA) is 231 Å². The molecule has 0 fully saturated rings. The van der Waals surface area contributed by atoms with Gasteiger partial charge in [0.1, 0.15) is 25.4 Å². The second-order valence-electron chi connectivity index (χ2n) is 30.3. The van der Waals surface area contributed by atoms with E-state index >= 15 is 0 Å². The molecule has 4 N–H and O–H groups in total.